The fourth-order valence-corrected chi connectivity index (χ4v) is 0.786. The van der Waals surface area contributed by atoms with E-state index in [9.17, 15) is 0 Å². The highest BCUT2D eigenvalue weighted by Crippen LogP contribution is 1.97. The molecule has 1 fully saturated rings. The molecule has 0 unspecified atom stereocenters. The van der Waals surface area contributed by atoms with Gasteiger partial charge in [0.15, 0.2) is 0 Å². The third-order valence-electron chi connectivity index (χ3n) is 1.23. The summed E-state index contributed by atoms with van der Waals surface area (Å²) in [5.41, 5.74) is 2.53. The largest absolute Gasteiger partial charge is 0.376 e. The second kappa shape index (κ2) is 3.79. The Morgan fingerprint density at radius 3 is 3.00 bits per heavy atom. The maximum absolute atomic E-state index is 5.25. The van der Waals surface area contributed by atoms with Gasteiger partial charge in [-0.15, -0.1) is 0 Å². The Kier molecular flexibility index (Phi) is 2.93. The molecule has 0 spiro atoms. The fraction of sp³-hybridized carbons (Fsp3) is 1.00. The first-order valence-corrected chi connectivity index (χ1v) is 3.06. The van der Waals surface area contributed by atoms with Gasteiger partial charge < -0.3 is 9.47 Å². The van der Waals surface area contributed by atoms with Gasteiger partial charge >= 0.3 is 0 Å². The number of nitrogens with one attached hydrogen (secondary N) is 1. The number of hydrogen-bond acceptors (Lipinski definition) is 4. The van der Waals surface area contributed by atoms with Crippen molar-refractivity contribution >= 4 is 0 Å². The van der Waals surface area contributed by atoms with E-state index in [0.29, 0.717) is 26.4 Å². The monoisotopic (exact) mass is 132 g/mol. The van der Waals surface area contributed by atoms with Gasteiger partial charge in [0, 0.05) is 6.54 Å². The van der Waals surface area contributed by atoms with Crippen molar-refractivity contribution in [1.82, 2.24) is 5.43 Å². The number of nitrogens with two attached hydrogens (primary N) is 1. The van der Waals surface area contributed by atoms with Crippen LogP contribution in [0.1, 0.15) is 0 Å². The molecule has 4 nitrogen and oxygen atoms in total. The summed E-state index contributed by atoms with van der Waals surface area (Å²) in [7, 11) is 0. The molecule has 0 bridgehead atoms. The zero-order valence-corrected chi connectivity index (χ0v) is 5.30. The van der Waals surface area contributed by atoms with Gasteiger partial charge in [-0.05, 0) is 0 Å². The third kappa shape index (κ3) is 2.28. The summed E-state index contributed by atoms with van der Waals surface area (Å²) in [6.45, 7) is 2.72. The number of ether oxygens (including phenoxy) is 2. The SMILES string of the molecule is NNC[C@H]1COCCO1. The van der Waals surface area contributed by atoms with Crippen molar-refractivity contribution in [2.24, 2.45) is 5.84 Å². The standard InChI is InChI=1S/C5H12N2O2/c6-7-3-5-4-8-1-2-9-5/h5,7H,1-4,6H2/t5-/m0/s1. The lowest BCUT2D eigenvalue weighted by Gasteiger charge is -2.21. The van der Waals surface area contributed by atoms with Crippen LogP contribution in [0, 0.1) is 0 Å². The topological polar surface area (TPSA) is 56.5 Å². The summed E-state index contributed by atoms with van der Waals surface area (Å²) in [5, 5.41) is 0. The lowest BCUT2D eigenvalue weighted by atomic mass is 10.3. The van der Waals surface area contributed by atoms with Crippen LogP contribution in [0.2, 0.25) is 0 Å². The molecule has 1 aliphatic heterocycles. The van der Waals surface area contributed by atoms with Crippen LogP contribution in [-0.2, 0) is 9.47 Å². The minimum absolute atomic E-state index is 0.142. The molecule has 0 saturated carbocycles. The number of hydrogen-bond donors (Lipinski definition) is 2. The Morgan fingerprint density at radius 1 is 1.56 bits per heavy atom. The van der Waals surface area contributed by atoms with Crippen LogP contribution in [0.25, 0.3) is 0 Å². The molecule has 1 rings (SSSR count). The Labute approximate surface area is 54.3 Å². The summed E-state index contributed by atoms with van der Waals surface area (Å²) < 4.78 is 10.4. The van der Waals surface area contributed by atoms with Gasteiger partial charge in [-0.1, -0.05) is 0 Å². The lowest BCUT2D eigenvalue weighted by Crippen LogP contribution is -2.39. The Bertz CT molecular complexity index is 70.6. The van der Waals surface area contributed by atoms with Crippen LogP contribution in [0.3, 0.4) is 0 Å². The molecule has 0 aromatic rings. The first-order valence-electron chi connectivity index (χ1n) is 3.06. The molecule has 1 atom stereocenters. The number of rotatable bonds is 2. The van der Waals surface area contributed by atoms with E-state index < -0.39 is 0 Å². The van der Waals surface area contributed by atoms with E-state index in [2.05, 4.69) is 5.43 Å². The second-order valence-electron chi connectivity index (χ2n) is 1.98. The molecule has 0 amide bonds. The molecule has 1 aliphatic rings. The Balaban J connectivity index is 2.08. The highest BCUT2D eigenvalue weighted by atomic mass is 16.6. The highest BCUT2D eigenvalue weighted by molar-refractivity contribution is 4.61. The first-order chi connectivity index (χ1) is 4.43. The Hall–Kier alpha value is -0.160. The molecule has 0 aromatic carbocycles. The van der Waals surface area contributed by atoms with Gasteiger partial charge in [-0.25, -0.2) is 0 Å². The van der Waals surface area contributed by atoms with Crippen LogP contribution >= 0.6 is 0 Å². The summed E-state index contributed by atoms with van der Waals surface area (Å²) >= 11 is 0. The van der Waals surface area contributed by atoms with Crippen LogP contribution < -0.4 is 11.3 Å². The average Bonchev–Trinajstić information content (AvgIpc) is 1.91. The second-order valence-corrected chi connectivity index (χ2v) is 1.98. The molecule has 4 heteroatoms. The van der Waals surface area contributed by atoms with E-state index in [0.717, 1.165) is 0 Å². The predicted octanol–water partition coefficient (Wildman–Crippen LogP) is -1.13. The van der Waals surface area contributed by atoms with Crippen molar-refractivity contribution in [2.75, 3.05) is 26.4 Å². The summed E-state index contributed by atoms with van der Waals surface area (Å²) in [5.74, 6) is 5.07. The van der Waals surface area contributed by atoms with Crippen molar-refractivity contribution < 1.29 is 9.47 Å². The lowest BCUT2D eigenvalue weighted by molar-refractivity contribution is -0.0863. The van der Waals surface area contributed by atoms with Gasteiger partial charge in [0.2, 0.25) is 0 Å². The maximum Gasteiger partial charge on any atom is 0.0947 e. The molecule has 9 heavy (non-hydrogen) atoms. The van der Waals surface area contributed by atoms with E-state index in [1.807, 2.05) is 0 Å². The fourth-order valence-electron chi connectivity index (χ4n) is 0.786. The van der Waals surface area contributed by atoms with Gasteiger partial charge in [-0.2, -0.15) is 0 Å². The predicted molar refractivity (Wildman–Crippen MR) is 32.7 cm³/mol. The average molecular weight is 132 g/mol. The number of hydrazine groups is 1. The third-order valence-corrected chi connectivity index (χ3v) is 1.23. The van der Waals surface area contributed by atoms with Crippen LogP contribution in [-0.4, -0.2) is 32.5 Å². The molecule has 0 aromatic heterocycles. The minimum Gasteiger partial charge on any atom is -0.376 e. The molecule has 1 saturated heterocycles. The van der Waals surface area contributed by atoms with E-state index in [-0.39, 0.29) is 6.10 Å². The van der Waals surface area contributed by atoms with Crippen molar-refractivity contribution in [3.63, 3.8) is 0 Å². The van der Waals surface area contributed by atoms with E-state index >= 15 is 0 Å². The summed E-state index contributed by atoms with van der Waals surface area (Å²) in [4.78, 5) is 0. The molecular formula is C5H12N2O2. The molecule has 3 N–H and O–H groups in total. The van der Waals surface area contributed by atoms with Gasteiger partial charge in [0.1, 0.15) is 0 Å². The highest BCUT2D eigenvalue weighted by Gasteiger charge is 2.12. The molecule has 1 heterocycles. The zero-order valence-electron chi connectivity index (χ0n) is 5.30. The molecular weight excluding hydrogens is 120 g/mol. The zero-order chi connectivity index (χ0) is 6.53. The van der Waals surface area contributed by atoms with Crippen molar-refractivity contribution in [3.05, 3.63) is 0 Å². The quantitative estimate of drug-likeness (QED) is 0.368. The van der Waals surface area contributed by atoms with E-state index in [1.54, 1.807) is 0 Å². The van der Waals surface area contributed by atoms with Crippen LogP contribution in [0.4, 0.5) is 0 Å². The van der Waals surface area contributed by atoms with Crippen LogP contribution in [0.5, 0.6) is 0 Å². The van der Waals surface area contributed by atoms with Crippen molar-refractivity contribution in [2.45, 2.75) is 6.10 Å². The molecule has 0 radical (unpaired) electrons. The molecule has 0 aliphatic carbocycles. The van der Waals surface area contributed by atoms with Crippen molar-refractivity contribution in [3.8, 4) is 0 Å². The summed E-state index contributed by atoms with van der Waals surface area (Å²) in [6.07, 6.45) is 0.142. The smallest absolute Gasteiger partial charge is 0.0947 e. The van der Waals surface area contributed by atoms with Gasteiger partial charge in [0.05, 0.1) is 25.9 Å². The van der Waals surface area contributed by atoms with E-state index in [4.69, 9.17) is 15.3 Å². The molecule has 54 valence electrons. The van der Waals surface area contributed by atoms with E-state index in [1.165, 1.54) is 0 Å². The first kappa shape index (κ1) is 6.95. The van der Waals surface area contributed by atoms with Gasteiger partial charge in [-0.3, -0.25) is 11.3 Å². The maximum atomic E-state index is 5.25. The minimum atomic E-state index is 0.142. The van der Waals surface area contributed by atoms with Crippen molar-refractivity contribution in [1.29, 1.82) is 0 Å². The van der Waals surface area contributed by atoms with Gasteiger partial charge in [0.25, 0.3) is 0 Å². The Morgan fingerprint density at radius 2 is 2.44 bits per heavy atom. The van der Waals surface area contributed by atoms with Crippen LogP contribution in [0.15, 0.2) is 0 Å². The summed E-state index contributed by atoms with van der Waals surface area (Å²) in [6, 6.07) is 0. The normalized spacial score (nSPS) is 28.3.